The maximum Gasteiger partial charge on any atom is 0.410 e. The van der Waals surface area contributed by atoms with E-state index in [4.69, 9.17) is 4.74 Å². The van der Waals surface area contributed by atoms with Crippen LogP contribution in [0.5, 0.6) is 0 Å². The van der Waals surface area contributed by atoms with Gasteiger partial charge in [-0.2, -0.15) is 0 Å². The van der Waals surface area contributed by atoms with Crippen LogP contribution in [-0.2, 0) is 4.74 Å². The van der Waals surface area contributed by atoms with Gasteiger partial charge in [0.2, 0.25) is 0 Å². The van der Waals surface area contributed by atoms with Crippen molar-refractivity contribution < 1.29 is 9.53 Å². The Labute approximate surface area is 129 Å². The fourth-order valence-electron chi connectivity index (χ4n) is 3.10. The number of amides is 1. The van der Waals surface area contributed by atoms with Crippen LogP contribution < -0.4 is 5.32 Å². The minimum atomic E-state index is -0.410. The highest BCUT2D eigenvalue weighted by Gasteiger charge is 2.45. The molecule has 4 nitrogen and oxygen atoms in total. The number of carbonyl (C=O) groups is 1. The lowest BCUT2D eigenvalue weighted by Gasteiger charge is -2.35. The van der Waals surface area contributed by atoms with Gasteiger partial charge in [0.25, 0.3) is 0 Å². The number of piperidine rings is 1. The molecule has 0 bridgehead atoms. The van der Waals surface area contributed by atoms with Crippen LogP contribution in [0.2, 0.25) is 0 Å². The van der Waals surface area contributed by atoms with Crippen molar-refractivity contribution in [3.05, 3.63) is 0 Å². The fraction of sp³-hybridized carbons (Fsp3) is 0.941. The van der Waals surface area contributed by atoms with Gasteiger partial charge in [-0.25, -0.2) is 4.79 Å². The lowest BCUT2D eigenvalue weighted by Crippen LogP contribution is -2.50. The van der Waals surface area contributed by atoms with Crippen LogP contribution in [0, 0.1) is 11.3 Å². The molecular weight excluding hydrogens is 264 g/mol. The number of ether oxygens (including phenoxy) is 1. The summed E-state index contributed by atoms with van der Waals surface area (Å²) in [5.74, 6) is 0.746. The smallest absolute Gasteiger partial charge is 0.410 e. The van der Waals surface area contributed by atoms with E-state index in [-0.39, 0.29) is 6.09 Å². The largest absolute Gasteiger partial charge is 0.444 e. The maximum atomic E-state index is 12.2. The first-order valence-corrected chi connectivity index (χ1v) is 8.43. The molecule has 0 aromatic rings. The molecule has 1 aliphatic carbocycles. The van der Waals surface area contributed by atoms with Crippen molar-refractivity contribution in [3.63, 3.8) is 0 Å². The van der Waals surface area contributed by atoms with Crippen molar-refractivity contribution in [1.29, 1.82) is 0 Å². The maximum absolute atomic E-state index is 12.2. The summed E-state index contributed by atoms with van der Waals surface area (Å²) >= 11 is 0. The summed E-state index contributed by atoms with van der Waals surface area (Å²) in [7, 11) is 0. The van der Waals surface area contributed by atoms with Crippen LogP contribution >= 0.6 is 0 Å². The van der Waals surface area contributed by atoms with E-state index in [0.29, 0.717) is 11.5 Å². The van der Waals surface area contributed by atoms with Crippen LogP contribution in [0.1, 0.15) is 60.3 Å². The average molecular weight is 296 g/mol. The number of hydrogen-bond acceptors (Lipinski definition) is 3. The molecule has 1 atom stereocenters. The van der Waals surface area contributed by atoms with Gasteiger partial charge in [0.15, 0.2) is 0 Å². The predicted octanol–water partition coefficient (Wildman–Crippen LogP) is 3.41. The van der Waals surface area contributed by atoms with Gasteiger partial charge in [-0.15, -0.1) is 0 Å². The second-order valence-corrected chi connectivity index (χ2v) is 8.16. The molecule has 1 saturated heterocycles. The fourth-order valence-corrected chi connectivity index (χ4v) is 3.10. The van der Waals surface area contributed by atoms with E-state index in [0.717, 1.165) is 38.4 Å². The molecule has 122 valence electrons. The summed E-state index contributed by atoms with van der Waals surface area (Å²) < 4.78 is 5.48. The second kappa shape index (κ2) is 6.15. The SMILES string of the molecule is CC(C)C1(CNC2CCCN(C(=O)OC(C)(C)C)C2)CC1. The zero-order valence-corrected chi connectivity index (χ0v) is 14.4. The van der Waals surface area contributed by atoms with Gasteiger partial charge < -0.3 is 15.0 Å². The van der Waals surface area contributed by atoms with Crippen molar-refractivity contribution >= 4 is 6.09 Å². The Morgan fingerprint density at radius 1 is 1.38 bits per heavy atom. The van der Waals surface area contributed by atoms with Gasteiger partial charge in [-0.05, 0) is 57.8 Å². The molecule has 2 fully saturated rings. The van der Waals surface area contributed by atoms with Gasteiger partial charge in [-0.1, -0.05) is 13.8 Å². The lowest BCUT2D eigenvalue weighted by atomic mass is 9.92. The molecule has 1 amide bonds. The summed E-state index contributed by atoms with van der Waals surface area (Å²) in [5.41, 5.74) is 0.112. The summed E-state index contributed by atoms with van der Waals surface area (Å²) in [4.78, 5) is 14.0. The van der Waals surface area contributed by atoms with E-state index < -0.39 is 5.60 Å². The molecule has 0 radical (unpaired) electrons. The van der Waals surface area contributed by atoms with Gasteiger partial charge in [0, 0.05) is 25.7 Å². The number of likely N-dealkylation sites (tertiary alicyclic amines) is 1. The molecule has 0 spiro atoms. The summed E-state index contributed by atoms with van der Waals surface area (Å²) in [6.45, 7) is 13.1. The molecule has 2 aliphatic rings. The third kappa shape index (κ3) is 4.60. The minimum Gasteiger partial charge on any atom is -0.444 e. The van der Waals surface area contributed by atoms with Crippen molar-refractivity contribution in [2.75, 3.05) is 19.6 Å². The summed E-state index contributed by atoms with van der Waals surface area (Å²) in [6, 6.07) is 0.419. The first-order chi connectivity index (χ1) is 9.72. The van der Waals surface area contributed by atoms with Crippen molar-refractivity contribution in [3.8, 4) is 0 Å². The van der Waals surface area contributed by atoms with Gasteiger partial charge >= 0.3 is 6.09 Å². The van der Waals surface area contributed by atoms with Gasteiger partial charge in [-0.3, -0.25) is 0 Å². The van der Waals surface area contributed by atoms with Crippen LogP contribution in [0.15, 0.2) is 0 Å². The highest BCUT2D eigenvalue weighted by atomic mass is 16.6. The Morgan fingerprint density at radius 3 is 2.57 bits per heavy atom. The quantitative estimate of drug-likeness (QED) is 0.864. The van der Waals surface area contributed by atoms with E-state index in [2.05, 4.69) is 19.2 Å². The third-order valence-corrected chi connectivity index (χ3v) is 4.93. The summed E-state index contributed by atoms with van der Waals surface area (Å²) in [6.07, 6.45) is 4.75. The number of carbonyl (C=O) groups excluding carboxylic acids is 1. The van der Waals surface area contributed by atoms with Crippen molar-refractivity contribution in [2.45, 2.75) is 71.9 Å². The van der Waals surface area contributed by atoms with Gasteiger partial charge in [0.05, 0.1) is 0 Å². The standard InChI is InChI=1S/C17H32N2O2/c1-13(2)17(8-9-17)12-18-14-7-6-10-19(11-14)15(20)21-16(3,4)5/h13-14,18H,6-12H2,1-5H3. The molecule has 0 aromatic heterocycles. The third-order valence-electron chi connectivity index (χ3n) is 4.93. The Kier molecular flexibility index (Phi) is 4.86. The molecule has 21 heavy (non-hydrogen) atoms. The zero-order chi connectivity index (χ0) is 15.7. The van der Waals surface area contributed by atoms with E-state index in [1.54, 1.807) is 0 Å². The van der Waals surface area contributed by atoms with Gasteiger partial charge in [0.1, 0.15) is 5.60 Å². The van der Waals surface area contributed by atoms with Crippen LogP contribution in [0.4, 0.5) is 4.79 Å². The molecule has 0 aromatic carbocycles. The van der Waals surface area contributed by atoms with Crippen LogP contribution in [0.3, 0.4) is 0 Å². The molecule has 2 rings (SSSR count). The number of hydrogen-bond donors (Lipinski definition) is 1. The molecular formula is C17H32N2O2. The first-order valence-electron chi connectivity index (χ1n) is 8.43. The Morgan fingerprint density at radius 2 is 2.05 bits per heavy atom. The molecule has 1 N–H and O–H groups in total. The van der Waals surface area contributed by atoms with E-state index in [9.17, 15) is 4.79 Å². The molecule has 1 unspecified atom stereocenters. The Bertz CT molecular complexity index is 369. The number of rotatable bonds is 4. The highest BCUT2D eigenvalue weighted by Crippen LogP contribution is 2.51. The normalized spacial score (nSPS) is 25.0. The van der Waals surface area contributed by atoms with E-state index >= 15 is 0 Å². The average Bonchev–Trinajstić information content (AvgIpc) is 3.16. The lowest BCUT2D eigenvalue weighted by molar-refractivity contribution is 0.0185. The molecule has 4 heteroatoms. The number of nitrogens with zero attached hydrogens (tertiary/aromatic N) is 1. The first kappa shape index (κ1) is 16.6. The highest BCUT2D eigenvalue weighted by molar-refractivity contribution is 5.68. The van der Waals surface area contributed by atoms with Crippen molar-refractivity contribution in [1.82, 2.24) is 10.2 Å². The predicted molar refractivity (Wildman–Crippen MR) is 85.3 cm³/mol. The molecule has 1 saturated carbocycles. The van der Waals surface area contributed by atoms with E-state index in [1.807, 2.05) is 25.7 Å². The second-order valence-electron chi connectivity index (χ2n) is 8.16. The Balaban J connectivity index is 1.80. The monoisotopic (exact) mass is 296 g/mol. The molecule has 1 aliphatic heterocycles. The molecule has 1 heterocycles. The van der Waals surface area contributed by atoms with Crippen LogP contribution in [-0.4, -0.2) is 42.3 Å². The number of nitrogens with one attached hydrogen (secondary N) is 1. The zero-order valence-electron chi connectivity index (χ0n) is 14.4. The van der Waals surface area contributed by atoms with Crippen molar-refractivity contribution in [2.24, 2.45) is 11.3 Å². The topological polar surface area (TPSA) is 41.6 Å². The van der Waals surface area contributed by atoms with Crippen LogP contribution in [0.25, 0.3) is 0 Å². The Hall–Kier alpha value is -0.770. The van der Waals surface area contributed by atoms with E-state index in [1.165, 1.54) is 12.8 Å². The minimum absolute atomic E-state index is 0.168. The summed E-state index contributed by atoms with van der Waals surface area (Å²) in [5, 5.41) is 3.70.